The lowest BCUT2D eigenvalue weighted by Gasteiger charge is -2.38. The van der Waals surface area contributed by atoms with Crippen LogP contribution in [0.5, 0.6) is 0 Å². The number of amides is 2. The van der Waals surface area contributed by atoms with Crippen LogP contribution >= 0.6 is 0 Å². The zero-order valence-corrected chi connectivity index (χ0v) is 24.5. The number of rotatable bonds is 10. The van der Waals surface area contributed by atoms with Crippen LogP contribution in [-0.2, 0) is 32.5 Å². The van der Waals surface area contributed by atoms with Crippen molar-refractivity contribution < 1.29 is 18.0 Å². The fourth-order valence-corrected chi connectivity index (χ4v) is 6.76. The quantitative estimate of drug-likeness (QED) is 0.389. The molecule has 1 unspecified atom stereocenters. The van der Waals surface area contributed by atoms with Gasteiger partial charge in [-0.15, -0.1) is 0 Å². The molecule has 2 aliphatic heterocycles. The van der Waals surface area contributed by atoms with Crippen molar-refractivity contribution in [3.8, 4) is 0 Å². The van der Waals surface area contributed by atoms with Crippen molar-refractivity contribution in [1.29, 1.82) is 0 Å². The van der Waals surface area contributed by atoms with Crippen molar-refractivity contribution in [2.45, 2.75) is 49.6 Å². The van der Waals surface area contributed by atoms with Crippen LogP contribution < -0.4 is 5.32 Å². The summed E-state index contributed by atoms with van der Waals surface area (Å²) < 4.78 is 23.5. The van der Waals surface area contributed by atoms with Crippen LogP contribution in [0, 0.1) is 5.41 Å². The van der Waals surface area contributed by atoms with Crippen LogP contribution in [0.4, 0.5) is 0 Å². The zero-order valence-electron chi connectivity index (χ0n) is 23.7. The van der Waals surface area contributed by atoms with Crippen molar-refractivity contribution in [3.63, 3.8) is 0 Å². The number of piperidine rings is 1. The fraction of sp³-hybridized carbons (Fsp3) is 0.394. The lowest BCUT2D eigenvalue weighted by atomic mass is 9.77. The number of benzene rings is 3. The topological polar surface area (TPSA) is 86.8 Å². The number of carbonyl (C=O) groups excluding carboxylic acids is 2. The van der Waals surface area contributed by atoms with Gasteiger partial charge in [0.05, 0.1) is 16.2 Å². The summed E-state index contributed by atoms with van der Waals surface area (Å²) in [7, 11) is -3.24. The van der Waals surface area contributed by atoms with E-state index in [1.54, 1.807) is 24.3 Å². The Morgan fingerprint density at radius 1 is 0.854 bits per heavy atom. The number of nitrogens with one attached hydrogen (secondary N) is 1. The molecule has 41 heavy (non-hydrogen) atoms. The van der Waals surface area contributed by atoms with E-state index in [1.165, 1.54) is 6.26 Å². The van der Waals surface area contributed by atoms with E-state index in [0.29, 0.717) is 18.0 Å². The summed E-state index contributed by atoms with van der Waals surface area (Å²) in [5.41, 5.74) is 2.74. The molecule has 1 atom stereocenters. The molecule has 2 fully saturated rings. The van der Waals surface area contributed by atoms with Crippen molar-refractivity contribution in [2.75, 3.05) is 32.4 Å². The molecule has 3 aromatic carbocycles. The van der Waals surface area contributed by atoms with Gasteiger partial charge in [0.25, 0.3) is 0 Å². The Bertz CT molecular complexity index is 1430. The first-order valence-corrected chi connectivity index (χ1v) is 16.3. The maximum Gasteiger partial charge on any atom is 0.229 e. The van der Waals surface area contributed by atoms with Crippen LogP contribution in [0.15, 0.2) is 89.8 Å². The smallest absolute Gasteiger partial charge is 0.229 e. The molecule has 5 rings (SSSR count). The summed E-state index contributed by atoms with van der Waals surface area (Å²) in [5, 5.41) is 3.13. The van der Waals surface area contributed by atoms with Gasteiger partial charge < -0.3 is 15.1 Å². The first kappa shape index (κ1) is 29.0. The zero-order chi connectivity index (χ0) is 28.9. The molecular formula is C33H39N3O4S. The highest BCUT2D eigenvalue weighted by Crippen LogP contribution is 2.42. The Morgan fingerprint density at radius 3 is 2.10 bits per heavy atom. The Balaban J connectivity index is 1.15. The third-order valence-corrected chi connectivity index (χ3v) is 9.83. The number of likely N-dealkylation sites (tertiary alicyclic amines) is 2. The molecule has 0 radical (unpaired) electrons. The van der Waals surface area contributed by atoms with E-state index in [2.05, 4.69) is 10.2 Å². The van der Waals surface area contributed by atoms with Crippen LogP contribution in [0.3, 0.4) is 0 Å². The molecule has 0 aromatic heterocycles. The highest BCUT2D eigenvalue weighted by atomic mass is 32.2. The van der Waals surface area contributed by atoms with Gasteiger partial charge in [-0.05, 0) is 74.1 Å². The predicted molar refractivity (Wildman–Crippen MR) is 160 cm³/mol. The van der Waals surface area contributed by atoms with Gasteiger partial charge in [-0.25, -0.2) is 8.42 Å². The van der Waals surface area contributed by atoms with E-state index in [1.807, 2.05) is 65.6 Å². The summed E-state index contributed by atoms with van der Waals surface area (Å²) in [6, 6.07) is 26.8. The molecule has 2 aliphatic rings. The normalized spacial score (nSPS) is 18.0. The van der Waals surface area contributed by atoms with Gasteiger partial charge in [-0.1, -0.05) is 72.8 Å². The largest absolute Gasteiger partial charge is 0.351 e. The van der Waals surface area contributed by atoms with Crippen molar-refractivity contribution in [1.82, 2.24) is 15.1 Å². The van der Waals surface area contributed by atoms with Gasteiger partial charge in [-0.3, -0.25) is 9.59 Å². The molecule has 0 bridgehead atoms. The van der Waals surface area contributed by atoms with Gasteiger partial charge in [-0.2, -0.15) is 0 Å². The third-order valence-electron chi connectivity index (χ3n) is 8.70. The van der Waals surface area contributed by atoms with Crippen molar-refractivity contribution in [2.24, 2.45) is 5.41 Å². The standard InChI is InChI=1S/C33H39N3O4S/c1-41(39,40)29-14-12-27(13-15-29)25-36-23-19-33(32(36)38)17-21-35(22-18-33)20-16-30(28-10-6-3-7-11-28)31(37)34-24-26-8-4-2-5-9-26/h2-15,30H,16-25H2,1H3,(H,34,37). The van der Waals surface area contributed by atoms with Crippen molar-refractivity contribution in [3.05, 3.63) is 102 Å². The minimum Gasteiger partial charge on any atom is -0.351 e. The second-order valence-corrected chi connectivity index (χ2v) is 13.5. The summed E-state index contributed by atoms with van der Waals surface area (Å²) in [6.45, 7) is 4.23. The summed E-state index contributed by atoms with van der Waals surface area (Å²) >= 11 is 0. The van der Waals surface area contributed by atoms with Crippen LogP contribution in [-0.4, -0.2) is 62.5 Å². The summed E-state index contributed by atoms with van der Waals surface area (Å²) in [5.74, 6) is 0.0278. The van der Waals surface area contributed by atoms with Gasteiger partial charge in [0.1, 0.15) is 0 Å². The molecule has 216 valence electrons. The molecule has 2 saturated heterocycles. The molecular weight excluding hydrogens is 534 g/mol. The maximum atomic E-state index is 13.5. The average molecular weight is 574 g/mol. The minimum atomic E-state index is -3.24. The van der Waals surface area contributed by atoms with E-state index in [9.17, 15) is 18.0 Å². The van der Waals surface area contributed by atoms with E-state index in [4.69, 9.17) is 0 Å². The molecule has 1 N–H and O–H groups in total. The highest BCUT2D eigenvalue weighted by molar-refractivity contribution is 7.90. The molecule has 1 spiro atoms. The number of sulfone groups is 1. The fourth-order valence-electron chi connectivity index (χ4n) is 6.13. The third kappa shape index (κ3) is 7.05. The Hall–Kier alpha value is -3.49. The van der Waals surface area contributed by atoms with E-state index < -0.39 is 9.84 Å². The molecule has 0 aliphatic carbocycles. The second kappa shape index (κ2) is 12.6. The monoisotopic (exact) mass is 573 g/mol. The van der Waals surface area contributed by atoms with Gasteiger partial charge >= 0.3 is 0 Å². The molecule has 2 heterocycles. The number of nitrogens with zero attached hydrogens (tertiary/aromatic N) is 2. The number of hydrogen-bond acceptors (Lipinski definition) is 5. The highest BCUT2D eigenvalue weighted by Gasteiger charge is 2.47. The molecule has 8 heteroatoms. The van der Waals surface area contributed by atoms with Gasteiger partial charge in [0, 0.05) is 25.9 Å². The lowest BCUT2D eigenvalue weighted by molar-refractivity contribution is -0.138. The van der Waals surface area contributed by atoms with Crippen LogP contribution in [0.1, 0.15) is 48.3 Å². The minimum absolute atomic E-state index is 0.0414. The average Bonchev–Trinajstić information content (AvgIpc) is 3.28. The Labute approximate surface area is 243 Å². The Morgan fingerprint density at radius 2 is 1.46 bits per heavy atom. The number of carbonyl (C=O) groups is 2. The second-order valence-electron chi connectivity index (χ2n) is 11.5. The van der Waals surface area contributed by atoms with Crippen LogP contribution in [0.25, 0.3) is 0 Å². The van der Waals surface area contributed by atoms with Gasteiger partial charge in [0.2, 0.25) is 11.8 Å². The maximum absolute atomic E-state index is 13.5. The van der Waals surface area contributed by atoms with E-state index >= 15 is 0 Å². The Kier molecular flexibility index (Phi) is 8.90. The lowest BCUT2D eigenvalue weighted by Crippen LogP contribution is -2.45. The summed E-state index contributed by atoms with van der Waals surface area (Å²) in [4.78, 5) is 31.4. The predicted octanol–water partition coefficient (Wildman–Crippen LogP) is 4.39. The van der Waals surface area contributed by atoms with Gasteiger partial charge in [0.15, 0.2) is 9.84 Å². The molecule has 2 amide bonds. The number of hydrogen-bond donors (Lipinski definition) is 1. The van der Waals surface area contributed by atoms with Crippen molar-refractivity contribution >= 4 is 21.7 Å². The van der Waals surface area contributed by atoms with E-state index in [0.717, 1.165) is 68.6 Å². The summed E-state index contributed by atoms with van der Waals surface area (Å²) in [6.07, 6.45) is 4.43. The molecule has 0 saturated carbocycles. The first-order chi connectivity index (χ1) is 19.7. The first-order valence-electron chi connectivity index (χ1n) is 14.4. The SMILES string of the molecule is CS(=O)(=O)c1ccc(CN2CCC3(CCN(CCC(C(=O)NCc4ccccc4)c4ccccc4)CC3)C2=O)cc1. The molecule has 3 aromatic rings. The molecule has 7 nitrogen and oxygen atoms in total. The van der Waals surface area contributed by atoms with Crippen LogP contribution in [0.2, 0.25) is 0 Å². The van der Waals surface area contributed by atoms with E-state index in [-0.39, 0.29) is 23.1 Å².